The fourth-order valence-corrected chi connectivity index (χ4v) is 2.87. The number of carbonyl (C=O) groups excluding carboxylic acids is 1. The minimum Gasteiger partial charge on any atom is -0.733 e. The van der Waals surface area contributed by atoms with Crippen molar-refractivity contribution in [3.8, 4) is 0 Å². The van der Waals surface area contributed by atoms with Crippen LogP contribution in [0.4, 0.5) is 16.2 Å². The topological polar surface area (TPSA) is 101 Å². The fraction of sp³-hybridized carbons (Fsp3) is 0.625. The van der Waals surface area contributed by atoms with Crippen molar-refractivity contribution in [1.29, 1.82) is 0 Å². The number of ether oxygens (including phenoxy) is 1. The Morgan fingerprint density at radius 1 is 1.50 bits per heavy atom. The summed E-state index contributed by atoms with van der Waals surface area (Å²) < 4.78 is 5.29. The number of nitrogens with zero attached hydrogens (tertiary/aromatic N) is 3. The molecular weight excluding hydrogens is 312 g/mol. The molecule has 1 atom stereocenters. The van der Waals surface area contributed by atoms with Crippen molar-refractivity contribution in [2.24, 2.45) is 0 Å². The predicted molar refractivity (Wildman–Crippen MR) is 91.2 cm³/mol. The van der Waals surface area contributed by atoms with E-state index in [0.29, 0.717) is 12.2 Å². The molecule has 1 amide bonds. The Morgan fingerprint density at radius 3 is 2.83 bits per heavy atom. The summed E-state index contributed by atoms with van der Waals surface area (Å²) in [5.41, 5.74) is 0.985. The van der Waals surface area contributed by atoms with Crippen LogP contribution in [0.2, 0.25) is 0 Å². The number of piperidine rings is 1. The van der Waals surface area contributed by atoms with Gasteiger partial charge in [0.2, 0.25) is 0 Å². The van der Waals surface area contributed by atoms with Crippen LogP contribution in [0.3, 0.4) is 0 Å². The number of carbonyl (C=O) groups is 1. The standard InChI is InChI=1S/C16H25N4O4/c1-11-8-17-9-13(20(22)23)14(11)19-7-5-6-12(10-19)18-15(21)24-16(2,3)4/h8-9,12,22H,5-7,10H2,1-4H3,(H,18,21)/q-1/t12-/m0/s1. The second kappa shape index (κ2) is 7.23. The highest BCUT2D eigenvalue weighted by Gasteiger charge is 2.26. The van der Waals surface area contributed by atoms with Crippen LogP contribution in [0.5, 0.6) is 0 Å². The van der Waals surface area contributed by atoms with E-state index in [1.54, 1.807) is 6.20 Å². The van der Waals surface area contributed by atoms with Crippen LogP contribution in [0, 0.1) is 12.1 Å². The van der Waals surface area contributed by atoms with Crippen LogP contribution >= 0.6 is 0 Å². The molecule has 1 fully saturated rings. The number of alkyl carbamates (subject to hydrolysis) is 1. The summed E-state index contributed by atoms with van der Waals surface area (Å²) in [6, 6.07) is -0.0900. The van der Waals surface area contributed by atoms with Crippen LogP contribution in [-0.4, -0.2) is 41.0 Å². The van der Waals surface area contributed by atoms with E-state index in [0.717, 1.165) is 24.9 Å². The Kier molecular flexibility index (Phi) is 5.51. The Balaban J connectivity index is 2.10. The van der Waals surface area contributed by atoms with Gasteiger partial charge in [0.1, 0.15) is 5.60 Å². The van der Waals surface area contributed by atoms with Gasteiger partial charge in [-0.25, -0.2) is 4.79 Å². The first kappa shape index (κ1) is 18.3. The van der Waals surface area contributed by atoms with Crippen molar-refractivity contribution >= 4 is 17.5 Å². The van der Waals surface area contributed by atoms with Crippen LogP contribution in [0.1, 0.15) is 39.2 Å². The number of aryl methyl sites for hydroxylation is 1. The van der Waals surface area contributed by atoms with E-state index >= 15 is 0 Å². The summed E-state index contributed by atoms with van der Waals surface area (Å²) in [7, 11) is 0. The Labute approximate surface area is 142 Å². The highest BCUT2D eigenvalue weighted by atomic mass is 16.8. The quantitative estimate of drug-likeness (QED) is 0.817. The van der Waals surface area contributed by atoms with Gasteiger partial charge in [-0.05, 0) is 46.1 Å². The molecule has 0 radical (unpaired) electrons. The third kappa shape index (κ3) is 4.72. The van der Waals surface area contributed by atoms with E-state index in [9.17, 15) is 15.2 Å². The van der Waals surface area contributed by atoms with E-state index in [1.807, 2.05) is 32.6 Å². The van der Waals surface area contributed by atoms with E-state index in [4.69, 9.17) is 4.74 Å². The molecule has 0 bridgehead atoms. The maximum absolute atomic E-state index is 12.0. The largest absolute Gasteiger partial charge is 0.733 e. The first-order chi connectivity index (χ1) is 11.2. The molecule has 0 saturated carbocycles. The molecule has 1 aliphatic rings. The van der Waals surface area contributed by atoms with Crippen LogP contribution in [0.25, 0.3) is 0 Å². The van der Waals surface area contributed by atoms with Gasteiger partial charge >= 0.3 is 6.09 Å². The van der Waals surface area contributed by atoms with Gasteiger partial charge in [0.25, 0.3) is 0 Å². The molecule has 1 saturated heterocycles. The first-order valence-corrected chi connectivity index (χ1v) is 8.02. The SMILES string of the molecule is Cc1cncc(N([O-])O)c1N1CCC[C@H](NC(=O)OC(C)(C)C)C1. The average molecular weight is 337 g/mol. The van der Waals surface area contributed by atoms with Crippen LogP contribution in [-0.2, 0) is 4.74 Å². The molecule has 0 spiro atoms. The minimum atomic E-state index is -0.548. The summed E-state index contributed by atoms with van der Waals surface area (Å²) >= 11 is 0. The first-order valence-electron chi connectivity index (χ1n) is 8.02. The smallest absolute Gasteiger partial charge is 0.407 e. The summed E-state index contributed by atoms with van der Waals surface area (Å²) in [4.78, 5) is 17.9. The number of nitrogens with one attached hydrogen (secondary N) is 1. The highest BCUT2D eigenvalue weighted by Crippen LogP contribution is 2.32. The fourth-order valence-electron chi connectivity index (χ4n) is 2.87. The van der Waals surface area contributed by atoms with Gasteiger partial charge in [0, 0.05) is 25.3 Å². The normalized spacial score (nSPS) is 18.2. The van der Waals surface area contributed by atoms with Gasteiger partial charge in [-0.3, -0.25) is 10.2 Å². The maximum Gasteiger partial charge on any atom is 0.407 e. The zero-order valence-corrected chi connectivity index (χ0v) is 14.6. The van der Waals surface area contributed by atoms with E-state index in [1.165, 1.54) is 6.20 Å². The van der Waals surface area contributed by atoms with Gasteiger partial charge in [-0.2, -0.15) is 0 Å². The Bertz CT molecular complexity index is 586. The number of pyridine rings is 1. The molecule has 1 aromatic rings. The molecular formula is C16H25N4O4-. The van der Waals surface area contributed by atoms with Crippen molar-refractivity contribution in [3.05, 3.63) is 23.2 Å². The number of hydrogen-bond donors (Lipinski definition) is 2. The van der Waals surface area contributed by atoms with Crippen molar-refractivity contribution in [1.82, 2.24) is 10.3 Å². The lowest BCUT2D eigenvalue weighted by atomic mass is 10.0. The lowest BCUT2D eigenvalue weighted by Crippen LogP contribution is -2.49. The van der Waals surface area contributed by atoms with Gasteiger partial charge in [-0.1, -0.05) is 0 Å². The molecule has 0 aliphatic carbocycles. The number of aromatic nitrogens is 1. The molecule has 0 aromatic carbocycles. The Morgan fingerprint density at radius 2 is 2.21 bits per heavy atom. The van der Waals surface area contributed by atoms with Crippen LogP contribution in [0.15, 0.2) is 12.4 Å². The molecule has 8 heteroatoms. The zero-order valence-electron chi connectivity index (χ0n) is 14.6. The van der Waals surface area contributed by atoms with Crippen molar-refractivity contribution in [2.45, 2.75) is 52.2 Å². The Hall–Kier alpha value is -2.06. The monoisotopic (exact) mass is 337 g/mol. The van der Waals surface area contributed by atoms with E-state index < -0.39 is 11.7 Å². The molecule has 2 rings (SSSR count). The molecule has 2 heterocycles. The number of rotatable bonds is 3. The predicted octanol–water partition coefficient (Wildman–Crippen LogP) is 2.58. The van der Waals surface area contributed by atoms with Crippen molar-refractivity contribution in [3.63, 3.8) is 0 Å². The molecule has 1 aromatic heterocycles. The van der Waals surface area contributed by atoms with Gasteiger partial charge in [-0.15, -0.1) is 0 Å². The number of amides is 1. The summed E-state index contributed by atoms with van der Waals surface area (Å²) in [5.74, 6) is 0. The van der Waals surface area contributed by atoms with E-state index in [2.05, 4.69) is 10.3 Å². The summed E-state index contributed by atoms with van der Waals surface area (Å²) in [5, 5.41) is 23.4. The van der Waals surface area contributed by atoms with E-state index in [-0.39, 0.29) is 17.0 Å². The lowest BCUT2D eigenvalue weighted by Gasteiger charge is -2.38. The second-order valence-corrected chi connectivity index (χ2v) is 7.03. The molecule has 134 valence electrons. The molecule has 0 unspecified atom stereocenters. The lowest BCUT2D eigenvalue weighted by molar-refractivity contribution is 0.0500. The summed E-state index contributed by atoms with van der Waals surface area (Å²) in [6.45, 7) is 8.55. The molecule has 24 heavy (non-hydrogen) atoms. The molecule has 2 N–H and O–H groups in total. The van der Waals surface area contributed by atoms with Crippen LogP contribution < -0.4 is 15.4 Å². The van der Waals surface area contributed by atoms with Crippen molar-refractivity contribution < 1.29 is 14.7 Å². The summed E-state index contributed by atoms with van der Waals surface area (Å²) in [6.07, 6.45) is 4.21. The third-order valence-electron chi connectivity index (χ3n) is 3.75. The highest BCUT2D eigenvalue weighted by molar-refractivity contribution is 5.73. The molecule has 8 nitrogen and oxygen atoms in total. The van der Waals surface area contributed by atoms with Gasteiger partial charge in [0.15, 0.2) is 0 Å². The second-order valence-electron chi connectivity index (χ2n) is 7.03. The number of hydrogen-bond acceptors (Lipinski definition) is 7. The number of anilines is 2. The zero-order chi connectivity index (χ0) is 17.9. The van der Waals surface area contributed by atoms with Crippen molar-refractivity contribution in [2.75, 3.05) is 23.2 Å². The third-order valence-corrected chi connectivity index (χ3v) is 3.75. The van der Waals surface area contributed by atoms with Gasteiger partial charge in [0.05, 0.1) is 17.6 Å². The molecule has 1 aliphatic heterocycles. The maximum atomic E-state index is 12.0. The average Bonchev–Trinajstić information content (AvgIpc) is 2.44. The van der Waals surface area contributed by atoms with Gasteiger partial charge < -0.3 is 25.4 Å². The minimum absolute atomic E-state index is 0.0900.